The molecule has 1 saturated heterocycles. The number of nitriles is 1. The number of benzene rings is 1. The van der Waals surface area contributed by atoms with Gasteiger partial charge in [0.1, 0.15) is 10.3 Å². The largest absolute Gasteiger partial charge is 0.323 e. The standard InChI is InChI=1S/C18H17N3O2S/c1-17(15(22)20-16(23)21-17)12-24-18(11-19)9-7-14(8-10-18)13-5-3-2-4-6-13/h2-9H,10,12H2,1H3,(H2,20,21,22,23). The Morgan fingerprint density at radius 1 is 1.29 bits per heavy atom. The third-order valence-corrected chi connectivity index (χ3v) is 5.82. The van der Waals surface area contributed by atoms with Crippen molar-refractivity contribution in [2.45, 2.75) is 23.6 Å². The zero-order valence-electron chi connectivity index (χ0n) is 13.2. The van der Waals surface area contributed by atoms with Crippen LogP contribution in [0, 0.1) is 11.3 Å². The SMILES string of the molecule is CC1(CSC2(C#N)C=CC(c3ccccc3)=CC2)NC(=O)NC1=O. The van der Waals surface area contributed by atoms with E-state index in [9.17, 15) is 14.9 Å². The lowest BCUT2D eigenvalue weighted by Gasteiger charge is -2.28. The minimum absolute atomic E-state index is 0.330. The van der Waals surface area contributed by atoms with Gasteiger partial charge in [-0.05, 0) is 24.5 Å². The maximum atomic E-state index is 11.9. The van der Waals surface area contributed by atoms with Crippen molar-refractivity contribution in [1.29, 1.82) is 5.26 Å². The summed E-state index contributed by atoms with van der Waals surface area (Å²) in [6.45, 7) is 1.67. The van der Waals surface area contributed by atoms with E-state index in [1.54, 1.807) is 6.92 Å². The van der Waals surface area contributed by atoms with Gasteiger partial charge in [0.05, 0.1) is 6.07 Å². The molecule has 3 rings (SSSR count). The molecule has 0 radical (unpaired) electrons. The van der Waals surface area contributed by atoms with Gasteiger partial charge >= 0.3 is 6.03 Å². The number of carbonyl (C=O) groups excluding carboxylic acids is 2. The fourth-order valence-corrected chi connectivity index (χ4v) is 3.82. The van der Waals surface area contributed by atoms with Gasteiger partial charge in [-0.15, -0.1) is 11.8 Å². The molecule has 122 valence electrons. The van der Waals surface area contributed by atoms with Gasteiger partial charge in [-0.2, -0.15) is 5.26 Å². The lowest BCUT2D eigenvalue weighted by atomic mass is 9.93. The van der Waals surface area contributed by atoms with Crippen LogP contribution in [0.5, 0.6) is 0 Å². The summed E-state index contributed by atoms with van der Waals surface area (Å²) in [7, 11) is 0. The molecule has 3 amide bonds. The molecule has 1 aliphatic carbocycles. The van der Waals surface area contributed by atoms with Crippen LogP contribution in [-0.2, 0) is 4.79 Å². The van der Waals surface area contributed by atoms with Crippen LogP contribution in [0.4, 0.5) is 4.79 Å². The number of rotatable bonds is 4. The summed E-state index contributed by atoms with van der Waals surface area (Å²) in [6, 6.07) is 11.8. The highest BCUT2D eigenvalue weighted by molar-refractivity contribution is 8.01. The highest BCUT2D eigenvalue weighted by Crippen LogP contribution is 2.38. The number of amides is 3. The Hall–Kier alpha value is -2.52. The fourth-order valence-electron chi connectivity index (χ4n) is 2.64. The molecule has 0 aromatic heterocycles. The topological polar surface area (TPSA) is 82.0 Å². The molecular weight excluding hydrogens is 322 g/mol. The van der Waals surface area contributed by atoms with Crippen molar-refractivity contribution < 1.29 is 9.59 Å². The molecule has 2 unspecified atom stereocenters. The molecule has 1 fully saturated rings. The molecule has 0 bridgehead atoms. The predicted octanol–water partition coefficient (Wildman–Crippen LogP) is 2.62. The number of thioether (sulfide) groups is 1. The number of carbonyl (C=O) groups is 2. The van der Waals surface area contributed by atoms with Crippen LogP contribution in [0.15, 0.2) is 48.6 Å². The molecule has 1 aromatic rings. The summed E-state index contributed by atoms with van der Waals surface area (Å²) >= 11 is 1.38. The molecule has 5 nitrogen and oxygen atoms in total. The fraction of sp³-hybridized carbons (Fsp3) is 0.278. The molecule has 1 heterocycles. The third kappa shape index (κ3) is 3.08. The van der Waals surface area contributed by atoms with E-state index in [4.69, 9.17) is 0 Å². The molecule has 0 spiro atoms. The summed E-state index contributed by atoms with van der Waals surface area (Å²) in [4.78, 5) is 23.2. The quantitative estimate of drug-likeness (QED) is 0.826. The van der Waals surface area contributed by atoms with E-state index in [-0.39, 0.29) is 5.91 Å². The molecule has 1 aliphatic heterocycles. The molecule has 2 atom stereocenters. The second kappa shape index (κ2) is 6.17. The van der Waals surface area contributed by atoms with Gasteiger partial charge in [-0.25, -0.2) is 4.79 Å². The van der Waals surface area contributed by atoms with Crippen LogP contribution in [0.2, 0.25) is 0 Å². The highest BCUT2D eigenvalue weighted by atomic mass is 32.2. The van der Waals surface area contributed by atoms with Gasteiger partial charge in [-0.3, -0.25) is 10.1 Å². The first-order valence-corrected chi connectivity index (χ1v) is 8.59. The smallest absolute Gasteiger partial charge is 0.322 e. The Kier molecular flexibility index (Phi) is 4.20. The Morgan fingerprint density at radius 2 is 2.04 bits per heavy atom. The zero-order valence-corrected chi connectivity index (χ0v) is 14.0. The maximum absolute atomic E-state index is 11.9. The molecule has 1 aromatic carbocycles. The summed E-state index contributed by atoms with van der Waals surface area (Å²) < 4.78 is -0.727. The van der Waals surface area contributed by atoms with Gasteiger partial charge in [0.25, 0.3) is 5.91 Å². The summed E-state index contributed by atoms with van der Waals surface area (Å²) in [5, 5.41) is 14.5. The summed E-state index contributed by atoms with van der Waals surface area (Å²) in [5.41, 5.74) is 1.21. The first-order valence-electron chi connectivity index (χ1n) is 7.60. The van der Waals surface area contributed by atoms with E-state index in [0.717, 1.165) is 11.1 Å². The Bertz CT molecular complexity index is 781. The maximum Gasteiger partial charge on any atom is 0.322 e. The number of hydrogen-bond acceptors (Lipinski definition) is 4. The first-order chi connectivity index (χ1) is 11.5. The van der Waals surface area contributed by atoms with Gasteiger partial charge < -0.3 is 5.32 Å². The van der Waals surface area contributed by atoms with Crippen LogP contribution in [0.25, 0.3) is 5.57 Å². The lowest BCUT2D eigenvalue weighted by Crippen LogP contribution is -2.47. The number of urea groups is 1. The third-order valence-electron chi connectivity index (χ3n) is 4.19. The lowest BCUT2D eigenvalue weighted by molar-refractivity contribution is -0.122. The minimum atomic E-state index is -0.983. The Labute approximate surface area is 144 Å². The first kappa shape index (κ1) is 16.3. The second-order valence-corrected chi connectivity index (χ2v) is 7.40. The Morgan fingerprint density at radius 3 is 2.58 bits per heavy atom. The number of imide groups is 1. The van der Waals surface area contributed by atoms with Crippen LogP contribution >= 0.6 is 11.8 Å². The van der Waals surface area contributed by atoms with E-state index >= 15 is 0 Å². The Balaban J connectivity index is 1.71. The van der Waals surface area contributed by atoms with E-state index in [1.807, 2.05) is 48.6 Å². The van der Waals surface area contributed by atoms with Crippen molar-refractivity contribution in [3.8, 4) is 6.07 Å². The zero-order chi connectivity index (χ0) is 17.2. The predicted molar refractivity (Wildman–Crippen MR) is 94.1 cm³/mol. The van der Waals surface area contributed by atoms with E-state index in [2.05, 4.69) is 16.7 Å². The summed E-state index contributed by atoms with van der Waals surface area (Å²) in [6.07, 6.45) is 6.43. The number of nitrogens with one attached hydrogen (secondary N) is 2. The van der Waals surface area contributed by atoms with Crippen molar-refractivity contribution in [2.24, 2.45) is 0 Å². The average Bonchev–Trinajstić information content (AvgIpc) is 2.87. The number of nitrogens with zero attached hydrogens (tertiary/aromatic N) is 1. The number of allylic oxidation sites excluding steroid dienone is 3. The monoisotopic (exact) mass is 339 g/mol. The van der Waals surface area contributed by atoms with Crippen molar-refractivity contribution >= 4 is 29.3 Å². The van der Waals surface area contributed by atoms with Crippen molar-refractivity contribution in [2.75, 3.05) is 5.75 Å². The molecule has 24 heavy (non-hydrogen) atoms. The highest BCUT2D eigenvalue weighted by Gasteiger charge is 2.44. The second-order valence-electron chi connectivity index (χ2n) is 6.09. The molecule has 6 heteroatoms. The number of hydrogen-bond donors (Lipinski definition) is 2. The van der Waals surface area contributed by atoms with Crippen LogP contribution < -0.4 is 10.6 Å². The minimum Gasteiger partial charge on any atom is -0.323 e. The van der Waals surface area contributed by atoms with Gasteiger partial charge in [0.2, 0.25) is 0 Å². The average molecular weight is 339 g/mol. The van der Waals surface area contributed by atoms with Gasteiger partial charge in [-0.1, -0.05) is 48.6 Å². The van der Waals surface area contributed by atoms with E-state index in [0.29, 0.717) is 12.2 Å². The summed E-state index contributed by atoms with van der Waals surface area (Å²) in [5.74, 6) is -0.0230. The molecule has 2 aliphatic rings. The van der Waals surface area contributed by atoms with E-state index in [1.165, 1.54) is 11.8 Å². The molecule has 0 saturated carbocycles. The molecule has 2 N–H and O–H groups in total. The van der Waals surface area contributed by atoms with E-state index < -0.39 is 16.3 Å². The van der Waals surface area contributed by atoms with Crippen LogP contribution in [-0.4, -0.2) is 28.0 Å². The van der Waals surface area contributed by atoms with Gasteiger partial charge in [0.15, 0.2) is 0 Å². The van der Waals surface area contributed by atoms with Gasteiger partial charge in [0, 0.05) is 5.75 Å². The molecular formula is C18H17N3O2S. The van der Waals surface area contributed by atoms with Crippen LogP contribution in [0.1, 0.15) is 18.9 Å². The van der Waals surface area contributed by atoms with Crippen molar-refractivity contribution in [3.63, 3.8) is 0 Å². The normalized spacial score (nSPS) is 28.8. The van der Waals surface area contributed by atoms with Crippen LogP contribution in [0.3, 0.4) is 0 Å². The van der Waals surface area contributed by atoms with Crippen molar-refractivity contribution in [1.82, 2.24) is 10.6 Å². The van der Waals surface area contributed by atoms with Crippen molar-refractivity contribution in [3.05, 3.63) is 54.1 Å².